The maximum absolute atomic E-state index is 8.97. The summed E-state index contributed by atoms with van der Waals surface area (Å²) in [6.07, 6.45) is 0.878. The average molecular weight is 199 g/mol. The van der Waals surface area contributed by atoms with Gasteiger partial charge in [-0.1, -0.05) is 17.7 Å². The number of aliphatic hydroxyl groups is 1. The van der Waals surface area contributed by atoms with E-state index in [4.69, 9.17) is 21.4 Å². The van der Waals surface area contributed by atoms with Gasteiger partial charge in [0.1, 0.15) is 5.75 Å². The maximum Gasteiger partial charge on any atom is 0.123 e. The molecule has 1 aromatic rings. The van der Waals surface area contributed by atoms with Crippen LogP contribution in [0.15, 0.2) is 18.2 Å². The molecule has 1 heterocycles. The molecule has 13 heavy (non-hydrogen) atoms. The van der Waals surface area contributed by atoms with Crippen molar-refractivity contribution in [2.45, 2.75) is 6.42 Å². The molecule has 0 saturated carbocycles. The zero-order chi connectivity index (χ0) is 9.26. The minimum atomic E-state index is 0.183. The Hall–Kier alpha value is -0.730. The third-order valence-electron chi connectivity index (χ3n) is 2.27. The van der Waals surface area contributed by atoms with Crippen molar-refractivity contribution in [1.29, 1.82) is 0 Å². The second-order valence-corrected chi connectivity index (χ2v) is 3.75. The van der Waals surface area contributed by atoms with Crippen LogP contribution in [0, 0.1) is 5.92 Å². The first-order chi connectivity index (χ1) is 6.29. The number of fused-ring (bicyclic) bond motifs is 1. The SMILES string of the molecule is OCC1COc2cc(Cl)ccc2C1. The topological polar surface area (TPSA) is 29.5 Å². The molecule has 1 atom stereocenters. The molecule has 0 bridgehead atoms. The zero-order valence-corrected chi connectivity index (χ0v) is 7.92. The molecule has 0 spiro atoms. The lowest BCUT2D eigenvalue weighted by Crippen LogP contribution is -2.23. The first-order valence-corrected chi connectivity index (χ1v) is 4.69. The number of hydrogen-bond donors (Lipinski definition) is 1. The summed E-state index contributed by atoms with van der Waals surface area (Å²) in [5.41, 5.74) is 1.13. The molecule has 1 aromatic carbocycles. The second-order valence-electron chi connectivity index (χ2n) is 3.32. The number of rotatable bonds is 1. The Labute approximate surface area is 82.1 Å². The Bertz CT molecular complexity index is 312. The van der Waals surface area contributed by atoms with E-state index in [0.29, 0.717) is 11.6 Å². The van der Waals surface area contributed by atoms with E-state index in [1.165, 1.54) is 0 Å². The summed E-state index contributed by atoms with van der Waals surface area (Å²) in [7, 11) is 0. The minimum Gasteiger partial charge on any atom is -0.493 e. The normalized spacial score (nSPS) is 20.6. The zero-order valence-electron chi connectivity index (χ0n) is 7.16. The van der Waals surface area contributed by atoms with Gasteiger partial charge in [0, 0.05) is 17.5 Å². The van der Waals surface area contributed by atoms with Gasteiger partial charge in [0.05, 0.1) is 6.61 Å². The van der Waals surface area contributed by atoms with E-state index in [0.717, 1.165) is 17.7 Å². The number of benzene rings is 1. The van der Waals surface area contributed by atoms with Gasteiger partial charge in [0.25, 0.3) is 0 Å². The van der Waals surface area contributed by atoms with Gasteiger partial charge in [0.15, 0.2) is 0 Å². The first-order valence-electron chi connectivity index (χ1n) is 4.31. The molecule has 1 aliphatic heterocycles. The summed E-state index contributed by atoms with van der Waals surface area (Å²) in [5.74, 6) is 1.09. The van der Waals surface area contributed by atoms with Gasteiger partial charge < -0.3 is 9.84 Å². The van der Waals surface area contributed by atoms with Gasteiger partial charge in [-0.25, -0.2) is 0 Å². The fourth-order valence-corrected chi connectivity index (χ4v) is 1.69. The Morgan fingerprint density at radius 2 is 2.38 bits per heavy atom. The predicted molar refractivity (Wildman–Crippen MR) is 51.2 cm³/mol. The van der Waals surface area contributed by atoms with Crippen LogP contribution in [0.5, 0.6) is 5.75 Å². The van der Waals surface area contributed by atoms with Gasteiger partial charge in [-0.2, -0.15) is 0 Å². The summed E-state index contributed by atoms with van der Waals surface area (Å²) < 4.78 is 5.46. The lowest BCUT2D eigenvalue weighted by Gasteiger charge is -2.23. The van der Waals surface area contributed by atoms with Crippen molar-refractivity contribution in [3.63, 3.8) is 0 Å². The highest BCUT2D eigenvalue weighted by atomic mass is 35.5. The molecular weight excluding hydrogens is 188 g/mol. The van der Waals surface area contributed by atoms with Crippen LogP contribution in [0.25, 0.3) is 0 Å². The van der Waals surface area contributed by atoms with E-state index in [-0.39, 0.29) is 12.5 Å². The highest BCUT2D eigenvalue weighted by Gasteiger charge is 2.18. The average Bonchev–Trinajstić information content (AvgIpc) is 2.17. The van der Waals surface area contributed by atoms with Crippen LogP contribution in [-0.4, -0.2) is 18.3 Å². The lowest BCUT2D eigenvalue weighted by atomic mass is 9.98. The van der Waals surface area contributed by atoms with Crippen LogP contribution < -0.4 is 4.74 Å². The Kier molecular flexibility index (Phi) is 2.42. The molecular formula is C10H11ClO2. The number of hydrogen-bond acceptors (Lipinski definition) is 2. The molecule has 2 nitrogen and oxygen atoms in total. The smallest absolute Gasteiger partial charge is 0.123 e. The number of aliphatic hydroxyl groups excluding tert-OH is 1. The van der Waals surface area contributed by atoms with Gasteiger partial charge in [-0.3, -0.25) is 0 Å². The van der Waals surface area contributed by atoms with Crippen molar-refractivity contribution in [3.8, 4) is 5.75 Å². The van der Waals surface area contributed by atoms with E-state index in [1.54, 1.807) is 0 Å². The van der Waals surface area contributed by atoms with Crippen molar-refractivity contribution < 1.29 is 9.84 Å². The summed E-state index contributed by atoms with van der Waals surface area (Å²) in [4.78, 5) is 0. The minimum absolute atomic E-state index is 0.183. The highest BCUT2D eigenvalue weighted by Crippen LogP contribution is 2.29. The largest absolute Gasteiger partial charge is 0.493 e. The molecule has 2 rings (SSSR count). The summed E-state index contributed by atoms with van der Waals surface area (Å²) in [5, 5.41) is 9.66. The van der Waals surface area contributed by atoms with Gasteiger partial charge >= 0.3 is 0 Å². The second kappa shape index (κ2) is 3.56. The van der Waals surface area contributed by atoms with Gasteiger partial charge in [-0.15, -0.1) is 0 Å². The molecule has 3 heteroatoms. The third kappa shape index (κ3) is 1.79. The molecule has 0 aliphatic carbocycles. The van der Waals surface area contributed by atoms with Crippen molar-refractivity contribution in [3.05, 3.63) is 28.8 Å². The lowest BCUT2D eigenvalue weighted by molar-refractivity contribution is 0.147. The van der Waals surface area contributed by atoms with Crippen molar-refractivity contribution in [2.75, 3.05) is 13.2 Å². The molecule has 0 radical (unpaired) electrons. The van der Waals surface area contributed by atoms with Crippen LogP contribution in [0.1, 0.15) is 5.56 Å². The van der Waals surface area contributed by atoms with Crippen LogP contribution in [-0.2, 0) is 6.42 Å². The first kappa shape index (κ1) is 8.85. The van der Waals surface area contributed by atoms with Crippen LogP contribution in [0.2, 0.25) is 5.02 Å². The Morgan fingerprint density at radius 3 is 3.15 bits per heavy atom. The quantitative estimate of drug-likeness (QED) is 0.747. The molecule has 0 fully saturated rings. The molecule has 70 valence electrons. The maximum atomic E-state index is 8.97. The van der Waals surface area contributed by atoms with Crippen molar-refractivity contribution >= 4 is 11.6 Å². The number of ether oxygens (including phenoxy) is 1. The summed E-state index contributed by atoms with van der Waals surface area (Å²) in [6.45, 7) is 0.770. The fraction of sp³-hybridized carbons (Fsp3) is 0.400. The number of halogens is 1. The van der Waals surface area contributed by atoms with Crippen LogP contribution in [0.4, 0.5) is 0 Å². The Morgan fingerprint density at radius 1 is 1.54 bits per heavy atom. The van der Waals surface area contributed by atoms with Crippen molar-refractivity contribution in [2.24, 2.45) is 5.92 Å². The monoisotopic (exact) mass is 198 g/mol. The third-order valence-corrected chi connectivity index (χ3v) is 2.51. The van der Waals surface area contributed by atoms with E-state index < -0.39 is 0 Å². The van der Waals surface area contributed by atoms with E-state index in [9.17, 15) is 0 Å². The molecule has 0 saturated heterocycles. The van der Waals surface area contributed by atoms with Crippen molar-refractivity contribution in [1.82, 2.24) is 0 Å². The van der Waals surface area contributed by atoms with E-state index >= 15 is 0 Å². The molecule has 0 aromatic heterocycles. The fourth-order valence-electron chi connectivity index (χ4n) is 1.53. The predicted octanol–water partition coefficient (Wildman–Crippen LogP) is 1.88. The van der Waals surface area contributed by atoms with Gasteiger partial charge in [-0.05, 0) is 24.1 Å². The van der Waals surface area contributed by atoms with Crippen LogP contribution >= 0.6 is 11.6 Å². The molecule has 1 aliphatic rings. The summed E-state index contributed by atoms with van der Waals surface area (Å²) >= 11 is 5.82. The highest BCUT2D eigenvalue weighted by molar-refractivity contribution is 6.30. The molecule has 1 N–H and O–H groups in total. The summed E-state index contributed by atoms with van der Waals surface area (Å²) in [6, 6.07) is 5.63. The van der Waals surface area contributed by atoms with E-state index in [1.807, 2.05) is 18.2 Å². The Balaban J connectivity index is 2.26. The molecule has 0 amide bonds. The standard InChI is InChI=1S/C10H11ClO2/c11-9-2-1-8-3-7(5-12)6-13-10(8)4-9/h1-2,4,7,12H,3,5-6H2. The van der Waals surface area contributed by atoms with E-state index in [2.05, 4.69) is 0 Å². The van der Waals surface area contributed by atoms with Gasteiger partial charge in [0.2, 0.25) is 0 Å². The van der Waals surface area contributed by atoms with Crippen LogP contribution in [0.3, 0.4) is 0 Å². The molecule has 1 unspecified atom stereocenters.